The van der Waals surface area contributed by atoms with Crippen LogP contribution in [0, 0.1) is 5.92 Å². The predicted octanol–water partition coefficient (Wildman–Crippen LogP) is 8.31. The molecule has 1 fully saturated rings. The molecule has 0 saturated carbocycles. The summed E-state index contributed by atoms with van der Waals surface area (Å²) >= 11 is 12.7. The lowest BCUT2D eigenvalue weighted by Gasteiger charge is -2.30. The number of aromatic nitrogens is 1. The Morgan fingerprint density at radius 1 is 0.500 bits per heavy atom. The summed E-state index contributed by atoms with van der Waals surface area (Å²) in [6, 6.07) is 22.1. The topological polar surface area (TPSA) is 206 Å². The molecule has 0 unspecified atom stereocenters. The molecule has 20 nitrogen and oxygen atoms in total. The molecule has 0 N–H and O–H groups in total. The third kappa shape index (κ3) is 32.3. The van der Waals surface area contributed by atoms with Gasteiger partial charge in [-0.1, -0.05) is 47.5 Å². The molecule has 0 bridgehead atoms. The van der Waals surface area contributed by atoms with E-state index in [0.717, 1.165) is 65.3 Å². The molecular weight excluding hydrogens is 1180 g/mol. The molecule has 484 valence electrons. The van der Waals surface area contributed by atoms with Crippen molar-refractivity contribution < 1.29 is 84.3 Å². The van der Waals surface area contributed by atoms with Gasteiger partial charge in [0.25, 0.3) is 0 Å². The lowest BCUT2D eigenvalue weighted by molar-refractivity contribution is -0.120. The third-order valence-corrected chi connectivity index (χ3v) is 15.5. The number of piperidine rings is 1. The van der Waals surface area contributed by atoms with Crippen molar-refractivity contribution >= 4 is 49.9 Å². The van der Waals surface area contributed by atoms with Crippen LogP contribution >= 0.6 is 23.2 Å². The molecule has 1 aliphatic heterocycles. The molecule has 1 aliphatic rings. The van der Waals surface area contributed by atoms with Crippen molar-refractivity contribution in [3.63, 3.8) is 0 Å². The fourth-order valence-corrected chi connectivity index (χ4v) is 10.3. The number of sulfonamides is 1. The van der Waals surface area contributed by atoms with E-state index in [9.17, 15) is 13.2 Å². The molecule has 86 heavy (non-hydrogen) atoms. The molecule has 23 heteroatoms. The number of unbranched alkanes of at least 4 members (excludes halogenated alkanes) is 1. The third-order valence-electron chi connectivity index (χ3n) is 13.7. The minimum atomic E-state index is -3.23. The zero-order valence-corrected chi connectivity index (χ0v) is 53.0. The van der Waals surface area contributed by atoms with Crippen LogP contribution in [0.5, 0.6) is 5.75 Å². The SMILES string of the molecule is COCCOCCCCC(=O)CCOCCOCCOCCOCCOCCOCCOCCOCCOCCOCCOCCOCCOc1cc(C(c2ccc(Cl)cc2)c2ccc(Cl)cc2)cc2c(CC3CCN(S(C)(=O)=O)CC3)ccnc12. The van der Waals surface area contributed by atoms with E-state index in [0.29, 0.717) is 233 Å². The highest BCUT2D eigenvalue weighted by molar-refractivity contribution is 7.88. The smallest absolute Gasteiger partial charge is 0.211 e. The molecule has 1 aromatic heterocycles. The summed E-state index contributed by atoms with van der Waals surface area (Å²) in [6.07, 6.45) is 8.14. The molecule has 0 radical (unpaired) electrons. The van der Waals surface area contributed by atoms with E-state index in [1.807, 2.05) is 54.7 Å². The zero-order chi connectivity index (χ0) is 61.0. The number of ketones is 1. The average molecular weight is 1270 g/mol. The number of carbonyl (C=O) groups excluding carboxylic acids is 1. The first-order valence-electron chi connectivity index (χ1n) is 30.1. The van der Waals surface area contributed by atoms with Crippen LogP contribution in [0.15, 0.2) is 72.9 Å². The number of benzene rings is 3. The number of carbonyl (C=O) groups is 1. The Hall–Kier alpha value is -3.53. The Morgan fingerprint density at radius 2 is 0.895 bits per heavy atom. The summed E-state index contributed by atoms with van der Waals surface area (Å²) in [6.45, 7) is 14.0. The van der Waals surface area contributed by atoms with E-state index in [2.05, 4.69) is 18.2 Å². The van der Waals surface area contributed by atoms with E-state index in [1.54, 1.807) is 11.4 Å². The van der Waals surface area contributed by atoms with E-state index in [-0.39, 0.29) is 11.7 Å². The Balaban J connectivity index is 0.798. The van der Waals surface area contributed by atoms with Gasteiger partial charge in [-0.05, 0) is 103 Å². The van der Waals surface area contributed by atoms with Crippen molar-refractivity contribution in [1.82, 2.24) is 9.29 Å². The molecule has 3 aromatic carbocycles. The molecule has 0 spiro atoms. The van der Waals surface area contributed by atoms with Gasteiger partial charge in [-0.25, -0.2) is 12.7 Å². The fraction of sp³-hybridized carbons (Fsp3) is 0.651. The Bertz CT molecular complexity index is 2430. The Morgan fingerprint density at radius 3 is 1.31 bits per heavy atom. The van der Waals surface area contributed by atoms with Crippen LogP contribution in [-0.4, -0.2) is 235 Å². The number of methoxy groups -OCH3 is 1. The first-order valence-corrected chi connectivity index (χ1v) is 32.7. The predicted molar refractivity (Wildman–Crippen MR) is 330 cm³/mol. The highest BCUT2D eigenvalue weighted by atomic mass is 35.5. The molecule has 0 amide bonds. The maximum atomic E-state index is 12.2. The number of hydrogen-bond donors (Lipinski definition) is 0. The second-order valence-corrected chi connectivity index (χ2v) is 23.1. The normalized spacial score (nSPS) is 13.4. The maximum Gasteiger partial charge on any atom is 0.211 e. The van der Waals surface area contributed by atoms with Crippen molar-refractivity contribution in [2.75, 3.05) is 211 Å². The number of Topliss-reactive ketones (excluding diaryl/α,β-unsaturated/α-hetero) is 1. The lowest BCUT2D eigenvalue weighted by Crippen LogP contribution is -2.38. The highest BCUT2D eigenvalue weighted by Crippen LogP contribution is 2.39. The standard InChI is InChI=1S/C63H94Cl2N2O18S/c1-71-23-24-72-21-4-3-5-59(68)17-22-73-25-26-74-27-28-75-29-30-76-31-32-77-33-34-78-35-36-79-37-38-80-39-40-81-41-42-82-43-44-83-45-46-84-47-48-85-61-51-56(62(53-6-10-57(64)11-7-53)54-8-12-58(65)13-9-54)50-60-55(14-18-66-63(60)61)49-52-15-19-67(20-16-52)86(2,69)70/h6-14,18,50-52,62H,3-5,15-17,19-49H2,1-2H3. The van der Waals surface area contributed by atoms with Gasteiger partial charge in [-0.3, -0.25) is 9.78 Å². The van der Waals surface area contributed by atoms with Gasteiger partial charge in [-0.15, -0.1) is 0 Å². The fourth-order valence-electron chi connectivity index (χ4n) is 9.21. The van der Waals surface area contributed by atoms with Crippen molar-refractivity contribution in [2.45, 2.75) is 50.9 Å². The van der Waals surface area contributed by atoms with Crippen molar-refractivity contribution in [2.24, 2.45) is 5.92 Å². The van der Waals surface area contributed by atoms with Crippen molar-refractivity contribution in [1.29, 1.82) is 0 Å². The van der Waals surface area contributed by atoms with Crippen LogP contribution in [0.3, 0.4) is 0 Å². The van der Waals surface area contributed by atoms with Gasteiger partial charge in [0.1, 0.15) is 23.7 Å². The number of nitrogens with zero attached hydrogens (tertiary/aromatic N) is 2. The van der Waals surface area contributed by atoms with Gasteiger partial charge in [0.2, 0.25) is 10.0 Å². The number of pyridine rings is 1. The monoisotopic (exact) mass is 1270 g/mol. The van der Waals surface area contributed by atoms with Crippen molar-refractivity contribution in [3.05, 3.63) is 105 Å². The van der Waals surface area contributed by atoms with Crippen LogP contribution in [0.2, 0.25) is 10.0 Å². The number of hydrogen-bond acceptors (Lipinski definition) is 19. The molecule has 0 atom stereocenters. The van der Waals surface area contributed by atoms with Gasteiger partial charge in [0.15, 0.2) is 0 Å². The molecule has 4 aromatic rings. The summed E-state index contributed by atoms with van der Waals surface area (Å²) in [4.78, 5) is 16.7. The molecule has 0 aliphatic carbocycles. The Labute approximate surface area is 520 Å². The number of halogens is 2. The molecule has 2 heterocycles. The summed E-state index contributed by atoms with van der Waals surface area (Å²) in [5, 5.41) is 2.30. The number of ether oxygens (including phenoxy) is 15. The largest absolute Gasteiger partial charge is 0.489 e. The summed E-state index contributed by atoms with van der Waals surface area (Å²) in [7, 11) is -1.58. The average Bonchev–Trinajstić information content (AvgIpc) is 1.95. The first-order chi connectivity index (χ1) is 42.1. The van der Waals surface area contributed by atoms with Crippen LogP contribution in [0.1, 0.15) is 66.7 Å². The molecule has 1 saturated heterocycles. The second-order valence-electron chi connectivity index (χ2n) is 20.3. The van der Waals surface area contributed by atoms with Crippen LogP contribution in [-0.2, 0) is 87.6 Å². The van der Waals surface area contributed by atoms with Crippen LogP contribution in [0.25, 0.3) is 10.9 Å². The Kier molecular flexibility index (Phi) is 39.6. The van der Waals surface area contributed by atoms with Gasteiger partial charge in [-0.2, -0.15) is 0 Å². The van der Waals surface area contributed by atoms with Gasteiger partial charge in [0.05, 0.1) is 178 Å². The van der Waals surface area contributed by atoms with E-state index in [1.165, 1.54) is 6.26 Å². The highest BCUT2D eigenvalue weighted by Gasteiger charge is 2.27. The number of fused-ring (bicyclic) bond motifs is 1. The summed E-state index contributed by atoms with van der Waals surface area (Å²) < 4.78 is 110. The van der Waals surface area contributed by atoms with Crippen molar-refractivity contribution in [3.8, 4) is 5.75 Å². The molecule has 5 rings (SSSR count). The summed E-state index contributed by atoms with van der Waals surface area (Å²) in [5.41, 5.74) is 5.05. The maximum absolute atomic E-state index is 12.2. The minimum Gasteiger partial charge on any atom is -0.489 e. The van der Waals surface area contributed by atoms with Gasteiger partial charge >= 0.3 is 0 Å². The van der Waals surface area contributed by atoms with Crippen LogP contribution < -0.4 is 4.74 Å². The first kappa shape index (κ1) is 73.2. The quantitative estimate of drug-likeness (QED) is 0.0301. The minimum absolute atomic E-state index is 0.160. The van der Waals surface area contributed by atoms with E-state index < -0.39 is 10.0 Å². The molecular formula is C63H94Cl2N2O18S. The zero-order valence-electron chi connectivity index (χ0n) is 50.7. The summed E-state index contributed by atoms with van der Waals surface area (Å²) in [5.74, 6) is 1.02. The second kappa shape index (κ2) is 46.5. The van der Waals surface area contributed by atoms with E-state index >= 15 is 0 Å². The van der Waals surface area contributed by atoms with E-state index in [4.69, 9.17) is 99.2 Å². The number of rotatable bonds is 54. The van der Waals surface area contributed by atoms with Gasteiger partial charge in [0, 0.05) is 67.2 Å². The van der Waals surface area contributed by atoms with Gasteiger partial charge < -0.3 is 71.1 Å². The van der Waals surface area contributed by atoms with Crippen LogP contribution in [0.4, 0.5) is 0 Å². The lowest BCUT2D eigenvalue weighted by atomic mass is 9.83.